The van der Waals surface area contributed by atoms with Crippen LogP contribution < -0.4 is 14.2 Å². The number of hydrogen-bond donors (Lipinski definition) is 1. The van der Waals surface area contributed by atoms with Crippen molar-refractivity contribution in [2.24, 2.45) is 0 Å². The maximum atomic E-state index is 12.6. The quantitative estimate of drug-likeness (QED) is 0.595. The number of H-pyrrole nitrogens is 1. The molecule has 0 aliphatic rings. The predicted molar refractivity (Wildman–Crippen MR) is 99.1 cm³/mol. The Bertz CT molecular complexity index is 963. The summed E-state index contributed by atoms with van der Waals surface area (Å²) in [6.07, 6.45) is 1.78. The van der Waals surface area contributed by atoms with Crippen LogP contribution in [0.4, 0.5) is 8.78 Å². The highest BCUT2D eigenvalue weighted by Gasteiger charge is 2.15. The fourth-order valence-electron chi connectivity index (χ4n) is 2.76. The van der Waals surface area contributed by atoms with Crippen molar-refractivity contribution in [3.63, 3.8) is 0 Å². The van der Waals surface area contributed by atoms with Crippen LogP contribution in [0.25, 0.3) is 11.0 Å². The highest BCUT2D eigenvalue weighted by atomic mass is 32.2. The Hall–Kier alpha value is -2.55. The number of benzene rings is 1. The van der Waals surface area contributed by atoms with Gasteiger partial charge in [0, 0.05) is 35.2 Å². The summed E-state index contributed by atoms with van der Waals surface area (Å²) >= 11 is 1.46. The predicted octanol–water partition coefficient (Wildman–Crippen LogP) is 4.49. The van der Waals surface area contributed by atoms with Gasteiger partial charge in [-0.3, -0.25) is 4.98 Å². The van der Waals surface area contributed by atoms with Crippen LogP contribution in [0.1, 0.15) is 16.8 Å². The Morgan fingerprint density at radius 1 is 1.15 bits per heavy atom. The number of alkyl halides is 2. The number of hydrogen-bond acceptors (Lipinski definition) is 6. The minimum absolute atomic E-state index is 0.0408. The number of nitrogens with one attached hydrogen (secondary N) is 1. The summed E-state index contributed by atoms with van der Waals surface area (Å²) in [6, 6.07) is 3.02. The Balaban J connectivity index is 1.84. The topological polar surface area (TPSA) is 69.3 Å². The Labute approximate surface area is 159 Å². The summed E-state index contributed by atoms with van der Waals surface area (Å²) in [5.41, 5.74) is 4.03. The molecule has 0 aliphatic heterocycles. The van der Waals surface area contributed by atoms with Gasteiger partial charge in [0.1, 0.15) is 5.75 Å². The number of nitrogens with zero attached hydrogens (tertiary/aromatic N) is 2. The summed E-state index contributed by atoms with van der Waals surface area (Å²) < 4.78 is 40.1. The van der Waals surface area contributed by atoms with E-state index < -0.39 is 6.61 Å². The molecule has 1 aromatic carbocycles. The van der Waals surface area contributed by atoms with Crippen molar-refractivity contribution < 1.29 is 23.0 Å². The van der Waals surface area contributed by atoms with Crippen LogP contribution in [-0.4, -0.2) is 35.8 Å². The van der Waals surface area contributed by atoms with Gasteiger partial charge in [-0.25, -0.2) is 4.98 Å². The van der Waals surface area contributed by atoms with Gasteiger partial charge in [0.2, 0.25) is 0 Å². The molecule has 3 aromatic rings. The van der Waals surface area contributed by atoms with Gasteiger partial charge in [0.05, 0.1) is 30.9 Å². The van der Waals surface area contributed by atoms with Gasteiger partial charge in [-0.05, 0) is 13.8 Å². The van der Waals surface area contributed by atoms with Crippen LogP contribution in [-0.2, 0) is 5.75 Å². The molecule has 2 aromatic heterocycles. The van der Waals surface area contributed by atoms with Gasteiger partial charge < -0.3 is 19.2 Å². The van der Waals surface area contributed by atoms with Crippen molar-refractivity contribution in [3.8, 4) is 17.2 Å². The summed E-state index contributed by atoms with van der Waals surface area (Å²) in [6.45, 7) is 0.979. The fourth-order valence-corrected chi connectivity index (χ4v) is 3.67. The molecular weight excluding hydrogens is 376 g/mol. The second kappa shape index (κ2) is 7.99. The van der Waals surface area contributed by atoms with E-state index in [9.17, 15) is 8.78 Å². The van der Waals surface area contributed by atoms with Crippen molar-refractivity contribution in [3.05, 3.63) is 35.2 Å². The SMILES string of the molecule is COc1cc2nc(SCc3ncc(C)c(OC)c3C)[nH]c2cc1OC(F)F. The number of rotatable bonds is 7. The van der Waals surface area contributed by atoms with E-state index in [1.165, 1.54) is 24.9 Å². The number of pyridine rings is 1. The Morgan fingerprint density at radius 3 is 2.59 bits per heavy atom. The number of imidazole rings is 1. The Morgan fingerprint density at radius 2 is 1.93 bits per heavy atom. The van der Waals surface area contributed by atoms with Crippen molar-refractivity contribution in [1.29, 1.82) is 0 Å². The smallest absolute Gasteiger partial charge is 0.387 e. The zero-order valence-electron chi connectivity index (χ0n) is 15.3. The first-order chi connectivity index (χ1) is 12.9. The van der Waals surface area contributed by atoms with Gasteiger partial charge in [0.25, 0.3) is 0 Å². The summed E-state index contributed by atoms with van der Waals surface area (Å²) in [7, 11) is 3.03. The summed E-state index contributed by atoms with van der Waals surface area (Å²) in [5.74, 6) is 1.57. The second-order valence-corrected chi connectivity index (χ2v) is 6.74. The van der Waals surface area contributed by atoms with Crippen molar-refractivity contribution in [2.45, 2.75) is 31.4 Å². The van der Waals surface area contributed by atoms with Crippen LogP contribution in [0.3, 0.4) is 0 Å². The van der Waals surface area contributed by atoms with E-state index in [4.69, 9.17) is 9.47 Å². The minimum atomic E-state index is -2.93. The lowest BCUT2D eigenvalue weighted by Crippen LogP contribution is -2.03. The molecule has 0 spiro atoms. The lowest BCUT2D eigenvalue weighted by molar-refractivity contribution is -0.0511. The fraction of sp³-hybridized carbons (Fsp3) is 0.333. The zero-order valence-corrected chi connectivity index (χ0v) is 16.1. The molecule has 9 heteroatoms. The van der Waals surface area contributed by atoms with Crippen LogP contribution in [0.5, 0.6) is 17.2 Å². The molecule has 0 radical (unpaired) electrons. The van der Waals surface area contributed by atoms with Crippen molar-refractivity contribution in [1.82, 2.24) is 15.0 Å². The largest absolute Gasteiger partial charge is 0.496 e. The molecule has 0 saturated heterocycles. The van der Waals surface area contributed by atoms with Gasteiger partial charge in [-0.1, -0.05) is 11.8 Å². The molecule has 1 N–H and O–H groups in total. The molecule has 3 rings (SSSR count). The number of aromatic amines is 1. The van der Waals surface area contributed by atoms with E-state index in [1.54, 1.807) is 19.4 Å². The normalized spacial score (nSPS) is 11.2. The molecule has 2 heterocycles. The average molecular weight is 395 g/mol. The first kappa shape index (κ1) is 19.2. The van der Waals surface area contributed by atoms with Crippen LogP contribution in [0, 0.1) is 13.8 Å². The first-order valence-electron chi connectivity index (χ1n) is 8.07. The van der Waals surface area contributed by atoms with Crippen LogP contribution in [0.15, 0.2) is 23.5 Å². The molecule has 0 atom stereocenters. The molecule has 0 aliphatic carbocycles. The molecular formula is C18H19F2N3O3S. The maximum Gasteiger partial charge on any atom is 0.387 e. The third-order valence-electron chi connectivity index (χ3n) is 4.06. The molecule has 27 heavy (non-hydrogen) atoms. The molecule has 6 nitrogen and oxygen atoms in total. The Kier molecular flexibility index (Phi) is 5.69. The minimum Gasteiger partial charge on any atom is -0.496 e. The number of halogens is 2. The molecule has 0 fully saturated rings. The van der Waals surface area contributed by atoms with E-state index >= 15 is 0 Å². The van der Waals surface area contributed by atoms with Crippen molar-refractivity contribution >= 4 is 22.8 Å². The number of ether oxygens (including phenoxy) is 3. The number of methoxy groups -OCH3 is 2. The molecule has 0 unspecified atom stereocenters. The average Bonchev–Trinajstić information content (AvgIpc) is 3.02. The van der Waals surface area contributed by atoms with E-state index in [-0.39, 0.29) is 11.5 Å². The standard InChI is InChI=1S/C18H19F2N3O3S/c1-9-7-21-13(10(2)16(9)25-4)8-27-18-22-11-5-14(24-3)15(26-17(19)20)6-12(11)23-18/h5-7,17H,8H2,1-4H3,(H,22,23). The lowest BCUT2D eigenvalue weighted by atomic mass is 10.1. The number of aromatic nitrogens is 3. The third-order valence-corrected chi connectivity index (χ3v) is 4.94. The van der Waals surface area contributed by atoms with E-state index in [0.29, 0.717) is 21.9 Å². The molecule has 0 amide bonds. The number of fused-ring (bicyclic) bond motifs is 1. The van der Waals surface area contributed by atoms with E-state index in [0.717, 1.165) is 22.6 Å². The number of aryl methyl sites for hydroxylation is 1. The van der Waals surface area contributed by atoms with Gasteiger partial charge in [-0.15, -0.1) is 0 Å². The highest BCUT2D eigenvalue weighted by molar-refractivity contribution is 7.98. The first-order valence-corrected chi connectivity index (χ1v) is 9.06. The maximum absolute atomic E-state index is 12.6. The summed E-state index contributed by atoms with van der Waals surface area (Å²) in [4.78, 5) is 12.0. The lowest BCUT2D eigenvalue weighted by Gasteiger charge is -2.11. The van der Waals surface area contributed by atoms with Gasteiger partial charge >= 0.3 is 6.61 Å². The van der Waals surface area contributed by atoms with Crippen LogP contribution >= 0.6 is 11.8 Å². The molecule has 0 saturated carbocycles. The van der Waals surface area contributed by atoms with Gasteiger partial charge in [0.15, 0.2) is 16.7 Å². The van der Waals surface area contributed by atoms with Crippen LogP contribution in [0.2, 0.25) is 0 Å². The molecule has 0 bridgehead atoms. The number of thioether (sulfide) groups is 1. The highest BCUT2D eigenvalue weighted by Crippen LogP contribution is 2.34. The third kappa shape index (κ3) is 4.08. The second-order valence-electron chi connectivity index (χ2n) is 5.78. The summed E-state index contributed by atoms with van der Waals surface area (Å²) in [5, 5.41) is 0.641. The monoisotopic (exact) mass is 395 g/mol. The zero-order chi connectivity index (χ0) is 19.6. The van der Waals surface area contributed by atoms with Gasteiger partial charge in [-0.2, -0.15) is 8.78 Å². The molecule has 144 valence electrons. The van der Waals surface area contributed by atoms with Crippen molar-refractivity contribution in [2.75, 3.05) is 14.2 Å². The van der Waals surface area contributed by atoms with E-state index in [1.807, 2.05) is 13.8 Å². The van der Waals surface area contributed by atoms with E-state index in [2.05, 4.69) is 19.7 Å².